The first kappa shape index (κ1) is 57.7. The molecular weight excluding hydrogens is 775 g/mol. The molecule has 0 saturated heterocycles. The number of hydrogen-bond acceptors (Lipinski definition) is 6. The van der Waals surface area contributed by atoms with Crippen LogP contribution < -0.4 is 0 Å². The van der Waals surface area contributed by atoms with Crippen LogP contribution in [0, 0.1) is 0 Å². The Labute approximate surface area is 378 Å². The molecular formula is C54H86NO7+. The summed E-state index contributed by atoms with van der Waals surface area (Å²) in [4.78, 5) is 37.1. The molecule has 0 aliphatic rings. The maximum Gasteiger partial charge on any atom is 0.362 e. The summed E-state index contributed by atoms with van der Waals surface area (Å²) in [7, 11) is 5.50. The Bertz CT molecular complexity index is 1420. The highest BCUT2D eigenvalue weighted by Gasteiger charge is 2.31. The molecule has 0 amide bonds. The molecule has 0 fully saturated rings. The van der Waals surface area contributed by atoms with Crippen molar-refractivity contribution in [1.82, 2.24) is 0 Å². The van der Waals surface area contributed by atoms with Crippen LogP contribution in [0.3, 0.4) is 0 Å². The number of allylic oxidation sites excluding steroid dienone is 20. The second-order valence-electron chi connectivity index (χ2n) is 16.4. The van der Waals surface area contributed by atoms with Gasteiger partial charge in [0, 0.05) is 19.3 Å². The van der Waals surface area contributed by atoms with Crippen molar-refractivity contribution in [3.8, 4) is 0 Å². The quantitative estimate of drug-likeness (QED) is 0.0215. The van der Waals surface area contributed by atoms with Gasteiger partial charge >= 0.3 is 17.9 Å². The average Bonchev–Trinajstić information content (AvgIpc) is 3.23. The Morgan fingerprint density at radius 1 is 0.500 bits per heavy atom. The van der Waals surface area contributed by atoms with Crippen LogP contribution in [0.15, 0.2) is 122 Å². The molecule has 0 radical (unpaired) electrons. The minimum Gasteiger partial charge on any atom is -0.477 e. The Morgan fingerprint density at radius 3 is 1.47 bits per heavy atom. The lowest BCUT2D eigenvalue weighted by molar-refractivity contribution is -0.887. The van der Waals surface area contributed by atoms with Crippen molar-refractivity contribution in [3.05, 3.63) is 122 Å². The molecule has 2 unspecified atom stereocenters. The number of hydrogen-bond donors (Lipinski definition) is 1. The molecule has 0 aromatic carbocycles. The molecule has 2 atom stereocenters. The molecule has 0 aliphatic heterocycles. The number of carboxylic acid groups (broad SMARTS) is 1. The Morgan fingerprint density at radius 2 is 0.935 bits per heavy atom. The maximum absolute atomic E-state index is 12.8. The Kier molecular flexibility index (Phi) is 40.4. The average molecular weight is 861 g/mol. The van der Waals surface area contributed by atoms with E-state index in [4.69, 9.17) is 14.2 Å². The van der Waals surface area contributed by atoms with E-state index in [1.807, 2.05) is 69.8 Å². The van der Waals surface area contributed by atoms with Gasteiger partial charge in [-0.25, -0.2) is 4.79 Å². The molecule has 0 aromatic heterocycles. The number of carbonyl (C=O) groups is 3. The van der Waals surface area contributed by atoms with E-state index in [1.54, 1.807) is 0 Å². The number of likely N-dealkylation sites (N-methyl/N-ethyl adjacent to an activating group) is 1. The summed E-state index contributed by atoms with van der Waals surface area (Å²) in [6, 6.07) is -0.632. The fourth-order valence-corrected chi connectivity index (χ4v) is 6.14. The molecule has 0 heterocycles. The molecule has 8 nitrogen and oxygen atoms in total. The first-order chi connectivity index (χ1) is 30.1. The molecule has 0 spiro atoms. The van der Waals surface area contributed by atoms with Gasteiger partial charge in [0.2, 0.25) is 0 Å². The summed E-state index contributed by atoms with van der Waals surface area (Å²) in [5.74, 6) is -1.55. The standard InChI is InChI=1S/C54H85NO7/c1-6-8-10-12-14-16-18-20-22-23-24-25-26-27-28-29-31-33-35-37-39-41-43-45-53(57)62-50(48-60-47-46-51(54(58)59)55(3,4)5)49-61-52(56)44-42-40-38-36-34-32-30-21-19-17-15-13-11-9-7-2/h8-11,13-17,19-22,24-25,27-28,30,32,34,50-51H,6-7,12,18,23,26,29,31,33,35-49H2,1-5H3/p+1/b10-8+,11-9+,15-13+,16-14+,19-17+,22-20+,25-24+,28-27+,30-21+,34-32+. The van der Waals surface area contributed by atoms with E-state index in [-0.39, 0.29) is 36.2 Å². The number of carbonyl (C=O) groups excluding carboxylic acids is 2. The number of ether oxygens (including phenoxy) is 3. The van der Waals surface area contributed by atoms with E-state index in [0.29, 0.717) is 19.3 Å². The van der Waals surface area contributed by atoms with Crippen molar-refractivity contribution >= 4 is 17.9 Å². The fourth-order valence-electron chi connectivity index (χ4n) is 6.14. The van der Waals surface area contributed by atoms with Crippen LogP contribution >= 0.6 is 0 Å². The maximum atomic E-state index is 12.8. The number of esters is 2. The summed E-state index contributed by atoms with van der Waals surface area (Å²) in [5.41, 5.74) is 0. The topological polar surface area (TPSA) is 99.1 Å². The predicted molar refractivity (Wildman–Crippen MR) is 261 cm³/mol. The van der Waals surface area contributed by atoms with Crippen LogP contribution in [-0.4, -0.2) is 80.6 Å². The van der Waals surface area contributed by atoms with Gasteiger partial charge in [-0.1, -0.05) is 174 Å². The van der Waals surface area contributed by atoms with Gasteiger partial charge in [-0.2, -0.15) is 0 Å². The molecule has 0 rings (SSSR count). The first-order valence-corrected chi connectivity index (χ1v) is 23.6. The zero-order chi connectivity index (χ0) is 45.6. The van der Waals surface area contributed by atoms with E-state index in [1.165, 1.54) is 19.3 Å². The normalized spacial score (nSPS) is 14.0. The number of carboxylic acids is 1. The van der Waals surface area contributed by atoms with Crippen molar-refractivity contribution in [3.63, 3.8) is 0 Å². The van der Waals surface area contributed by atoms with Crippen molar-refractivity contribution in [2.24, 2.45) is 0 Å². The van der Waals surface area contributed by atoms with Gasteiger partial charge in [0.15, 0.2) is 12.1 Å². The minimum absolute atomic E-state index is 0.0334. The first-order valence-electron chi connectivity index (χ1n) is 23.6. The van der Waals surface area contributed by atoms with E-state index in [2.05, 4.69) is 86.8 Å². The predicted octanol–water partition coefficient (Wildman–Crippen LogP) is 13.4. The van der Waals surface area contributed by atoms with E-state index in [9.17, 15) is 19.5 Å². The summed E-state index contributed by atoms with van der Waals surface area (Å²) in [5, 5.41) is 9.64. The molecule has 0 aliphatic carbocycles. The lowest BCUT2D eigenvalue weighted by Gasteiger charge is -2.31. The van der Waals surface area contributed by atoms with E-state index in [0.717, 1.165) is 96.3 Å². The van der Waals surface area contributed by atoms with Crippen molar-refractivity contribution in [1.29, 1.82) is 0 Å². The van der Waals surface area contributed by atoms with E-state index >= 15 is 0 Å². The van der Waals surface area contributed by atoms with Gasteiger partial charge in [0.25, 0.3) is 0 Å². The third kappa shape index (κ3) is 41.1. The minimum atomic E-state index is -0.889. The number of nitrogens with zero attached hydrogens (tertiary/aromatic N) is 1. The van der Waals surface area contributed by atoms with Gasteiger partial charge in [-0.15, -0.1) is 0 Å². The molecule has 62 heavy (non-hydrogen) atoms. The smallest absolute Gasteiger partial charge is 0.362 e. The van der Waals surface area contributed by atoms with Crippen molar-refractivity contribution in [2.75, 3.05) is 41.0 Å². The summed E-state index contributed by atoms with van der Waals surface area (Å²) in [6.45, 7) is 4.40. The monoisotopic (exact) mass is 861 g/mol. The molecule has 0 bridgehead atoms. The lowest BCUT2D eigenvalue weighted by Crippen LogP contribution is -2.50. The van der Waals surface area contributed by atoms with Crippen LogP contribution in [0.5, 0.6) is 0 Å². The van der Waals surface area contributed by atoms with Gasteiger partial charge < -0.3 is 23.8 Å². The van der Waals surface area contributed by atoms with Gasteiger partial charge in [-0.3, -0.25) is 9.59 Å². The molecule has 1 N–H and O–H groups in total. The molecule has 0 aromatic rings. The number of quaternary nitrogens is 1. The summed E-state index contributed by atoms with van der Waals surface area (Å²) in [6.07, 6.45) is 61.0. The van der Waals surface area contributed by atoms with E-state index < -0.39 is 18.1 Å². The third-order valence-electron chi connectivity index (χ3n) is 9.73. The molecule has 8 heteroatoms. The van der Waals surface area contributed by atoms with Gasteiger partial charge in [0.05, 0.1) is 34.4 Å². The van der Waals surface area contributed by atoms with Crippen LogP contribution in [0.2, 0.25) is 0 Å². The number of rotatable bonds is 40. The largest absolute Gasteiger partial charge is 0.477 e. The van der Waals surface area contributed by atoms with Crippen molar-refractivity contribution < 1.29 is 38.2 Å². The SMILES string of the molecule is CC/C=C/C=C/C=C/C=C/C=C/CCCCCC(=O)OCC(COCCC(C(=O)O)[N+](C)(C)C)OC(=O)CCCCCCCCC/C=C/C/C=C/C/C=C/C/C=C/C/C=C/CC. The molecule has 0 saturated carbocycles. The zero-order valence-electron chi connectivity index (χ0n) is 39.5. The number of aliphatic carboxylic acids is 1. The van der Waals surface area contributed by atoms with Crippen LogP contribution in [0.1, 0.15) is 149 Å². The van der Waals surface area contributed by atoms with Crippen molar-refractivity contribution in [2.45, 2.75) is 161 Å². The van der Waals surface area contributed by atoms with Gasteiger partial charge in [0.1, 0.15) is 6.61 Å². The van der Waals surface area contributed by atoms with Crippen LogP contribution in [0.4, 0.5) is 0 Å². The third-order valence-corrected chi connectivity index (χ3v) is 9.73. The molecule has 348 valence electrons. The second kappa shape index (κ2) is 43.4. The highest BCUT2D eigenvalue weighted by Crippen LogP contribution is 2.13. The lowest BCUT2D eigenvalue weighted by atomic mass is 10.1. The highest BCUT2D eigenvalue weighted by molar-refractivity contribution is 5.72. The van der Waals surface area contributed by atoms with Crippen LogP contribution in [-0.2, 0) is 28.6 Å². The Balaban J connectivity index is 4.40. The zero-order valence-corrected chi connectivity index (χ0v) is 39.5. The summed E-state index contributed by atoms with van der Waals surface area (Å²) < 4.78 is 17.2. The second-order valence-corrected chi connectivity index (χ2v) is 16.4. The highest BCUT2D eigenvalue weighted by atomic mass is 16.6. The summed E-state index contributed by atoms with van der Waals surface area (Å²) >= 11 is 0. The fraction of sp³-hybridized carbons (Fsp3) is 0.574. The van der Waals surface area contributed by atoms with Crippen LogP contribution in [0.25, 0.3) is 0 Å². The van der Waals surface area contributed by atoms with Gasteiger partial charge in [-0.05, 0) is 77.0 Å². The Hall–Kier alpha value is -4.27. The number of unbranched alkanes of at least 4 members (excludes halogenated alkanes) is 10.